The summed E-state index contributed by atoms with van der Waals surface area (Å²) in [6.45, 7) is 6.10. The molecule has 0 aliphatic carbocycles. The van der Waals surface area contributed by atoms with E-state index in [0.717, 1.165) is 51.9 Å². The van der Waals surface area contributed by atoms with Crippen LogP contribution < -0.4 is 5.32 Å². The second-order valence-electron chi connectivity index (χ2n) is 6.65. The van der Waals surface area contributed by atoms with Crippen LogP contribution in [-0.4, -0.2) is 41.0 Å². The van der Waals surface area contributed by atoms with Crippen molar-refractivity contribution in [2.75, 3.05) is 19.6 Å². The van der Waals surface area contributed by atoms with Gasteiger partial charge in [-0.15, -0.1) is 0 Å². The third kappa shape index (κ3) is 3.58. The first-order valence-electron chi connectivity index (χ1n) is 8.76. The van der Waals surface area contributed by atoms with Crippen molar-refractivity contribution in [3.8, 4) is 0 Å². The second kappa shape index (κ2) is 7.18. The SMILES string of the molecule is CCCCN1C(=O)NC=CC12CCN(Cc1ccccc1)CC2. The number of carbonyl (C=O) groups excluding carboxylic acids is 1. The molecule has 124 valence electrons. The number of nitrogens with zero attached hydrogens (tertiary/aromatic N) is 2. The van der Waals surface area contributed by atoms with Crippen LogP contribution in [0.2, 0.25) is 0 Å². The Morgan fingerprint density at radius 1 is 1.17 bits per heavy atom. The first kappa shape index (κ1) is 16.1. The van der Waals surface area contributed by atoms with Gasteiger partial charge in [0, 0.05) is 32.4 Å². The van der Waals surface area contributed by atoms with E-state index in [1.54, 1.807) is 0 Å². The van der Waals surface area contributed by atoms with E-state index in [4.69, 9.17) is 0 Å². The average Bonchev–Trinajstić information content (AvgIpc) is 2.58. The summed E-state index contributed by atoms with van der Waals surface area (Å²) in [7, 11) is 0. The zero-order chi connectivity index (χ0) is 16.1. The molecule has 2 aliphatic heterocycles. The van der Waals surface area contributed by atoms with Gasteiger partial charge in [-0.3, -0.25) is 4.90 Å². The number of rotatable bonds is 5. The number of hydrogen-bond donors (Lipinski definition) is 1. The molecule has 4 nitrogen and oxygen atoms in total. The minimum atomic E-state index is -0.0787. The van der Waals surface area contributed by atoms with Crippen LogP contribution in [0.15, 0.2) is 42.6 Å². The number of likely N-dealkylation sites (tertiary alicyclic amines) is 1. The van der Waals surface area contributed by atoms with Crippen LogP contribution in [0.25, 0.3) is 0 Å². The van der Waals surface area contributed by atoms with Gasteiger partial charge in [0.25, 0.3) is 0 Å². The lowest BCUT2D eigenvalue weighted by atomic mass is 9.84. The predicted octanol–water partition coefficient (Wildman–Crippen LogP) is 3.36. The molecule has 1 aromatic carbocycles. The first-order valence-corrected chi connectivity index (χ1v) is 8.76. The fourth-order valence-electron chi connectivity index (χ4n) is 3.66. The number of amides is 2. The normalized spacial score (nSPS) is 20.7. The van der Waals surface area contributed by atoms with Gasteiger partial charge in [0.2, 0.25) is 0 Å². The molecule has 0 atom stereocenters. The molecule has 0 radical (unpaired) electrons. The smallest absolute Gasteiger partial charge is 0.315 e. The summed E-state index contributed by atoms with van der Waals surface area (Å²) in [6.07, 6.45) is 8.28. The van der Waals surface area contributed by atoms with Crippen LogP contribution in [-0.2, 0) is 6.54 Å². The summed E-state index contributed by atoms with van der Waals surface area (Å²) in [5.74, 6) is 0. The third-order valence-corrected chi connectivity index (χ3v) is 5.09. The molecular weight excluding hydrogens is 286 g/mol. The zero-order valence-electron chi connectivity index (χ0n) is 14.0. The van der Waals surface area contributed by atoms with Crippen molar-refractivity contribution in [2.45, 2.75) is 44.7 Å². The summed E-state index contributed by atoms with van der Waals surface area (Å²) in [4.78, 5) is 16.9. The molecule has 2 amide bonds. The molecule has 0 unspecified atom stereocenters. The summed E-state index contributed by atoms with van der Waals surface area (Å²) < 4.78 is 0. The van der Waals surface area contributed by atoms with Crippen molar-refractivity contribution in [2.24, 2.45) is 0 Å². The van der Waals surface area contributed by atoms with E-state index >= 15 is 0 Å². The van der Waals surface area contributed by atoms with Gasteiger partial charge >= 0.3 is 6.03 Å². The van der Waals surface area contributed by atoms with Gasteiger partial charge in [0.05, 0.1) is 5.54 Å². The van der Waals surface area contributed by atoms with E-state index in [0.29, 0.717) is 0 Å². The predicted molar refractivity (Wildman–Crippen MR) is 93.0 cm³/mol. The number of benzene rings is 1. The molecule has 1 aromatic rings. The highest BCUT2D eigenvalue weighted by atomic mass is 16.2. The fourth-order valence-corrected chi connectivity index (χ4v) is 3.66. The fraction of sp³-hybridized carbons (Fsp3) is 0.526. The summed E-state index contributed by atoms with van der Waals surface area (Å²) in [5.41, 5.74) is 1.29. The summed E-state index contributed by atoms with van der Waals surface area (Å²) in [6, 6.07) is 10.7. The minimum absolute atomic E-state index is 0.0671. The number of nitrogens with one attached hydrogen (secondary N) is 1. The summed E-state index contributed by atoms with van der Waals surface area (Å²) >= 11 is 0. The number of hydrogen-bond acceptors (Lipinski definition) is 2. The average molecular weight is 313 g/mol. The largest absolute Gasteiger partial charge is 0.322 e. The Balaban J connectivity index is 1.64. The van der Waals surface area contributed by atoms with E-state index in [1.807, 2.05) is 6.20 Å². The number of urea groups is 1. The highest BCUT2D eigenvalue weighted by Gasteiger charge is 2.41. The molecule has 1 spiro atoms. The number of carbonyl (C=O) groups is 1. The zero-order valence-corrected chi connectivity index (χ0v) is 14.0. The van der Waals surface area contributed by atoms with Gasteiger partial charge in [0.15, 0.2) is 0 Å². The Morgan fingerprint density at radius 3 is 2.61 bits per heavy atom. The highest BCUT2D eigenvalue weighted by molar-refractivity contribution is 5.78. The van der Waals surface area contributed by atoms with Gasteiger partial charge in [0.1, 0.15) is 0 Å². The Morgan fingerprint density at radius 2 is 1.91 bits per heavy atom. The lowest BCUT2D eigenvalue weighted by molar-refractivity contribution is 0.0695. The van der Waals surface area contributed by atoms with Crippen LogP contribution in [0.3, 0.4) is 0 Å². The quantitative estimate of drug-likeness (QED) is 0.905. The molecule has 23 heavy (non-hydrogen) atoms. The molecule has 0 saturated carbocycles. The lowest BCUT2D eigenvalue weighted by Crippen LogP contribution is -2.60. The lowest BCUT2D eigenvalue weighted by Gasteiger charge is -2.48. The van der Waals surface area contributed by atoms with Crippen LogP contribution in [0.5, 0.6) is 0 Å². The third-order valence-electron chi connectivity index (χ3n) is 5.09. The number of piperidine rings is 1. The second-order valence-corrected chi connectivity index (χ2v) is 6.65. The van der Waals surface area contributed by atoms with Gasteiger partial charge in [-0.2, -0.15) is 0 Å². The van der Waals surface area contributed by atoms with E-state index in [-0.39, 0.29) is 11.6 Å². The van der Waals surface area contributed by atoms with Gasteiger partial charge in [-0.1, -0.05) is 43.7 Å². The topological polar surface area (TPSA) is 35.6 Å². The van der Waals surface area contributed by atoms with Gasteiger partial charge in [-0.05, 0) is 30.9 Å². The highest BCUT2D eigenvalue weighted by Crippen LogP contribution is 2.33. The molecule has 1 saturated heterocycles. The molecule has 2 aliphatic rings. The van der Waals surface area contributed by atoms with Crippen molar-refractivity contribution in [1.29, 1.82) is 0 Å². The van der Waals surface area contributed by atoms with Gasteiger partial charge < -0.3 is 10.2 Å². The maximum Gasteiger partial charge on any atom is 0.322 e. The molecule has 0 aromatic heterocycles. The maximum atomic E-state index is 12.3. The van der Waals surface area contributed by atoms with Crippen LogP contribution in [0, 0.1) is 0 Å². The van der Waals surface area contributed by atoms with Crippen molar-refractivity contribution in [3.05, 3.63) is 48.2 Å². The molecule has 2 heterocycles. The van der Waals surface area contributed by atoms with E-state index in [9.17, 15) is 4.79 Å². The number of unbranched alkanes of at least 4 members (excludes halogenated alkanes) is 1. The van der Waals surface area contributed by atoms with E-state index < -0.39 is 0 Å². The molecule has 1 fully saturated rings. The molecule has 3 rings (SSSR count). The molecule has 4 heteroatoms. The Kier molecular flexibility index (Phi) is 5.01. The molecule has 0 bridgehead atoms. The monoisotopic (exact) mass is 313 g/mol. The van der Waals surface area contributed by atoms with Crippen molar-refractivity contribution < 1.29 is 4.79 Å². The van der Waals surface area contributed by atoms with Crippen molar-refractivity contribution >= 4 is 6.03 Å². The Labute approximate surface area is 139 Å². The minimum Gasteiger partial charge on any atom is -0.315 e. The standard InChI is InChI=1S/C19H27N3O/c1-2-3-13-22-18(23)20-12-9-19(22)10-14-21(15-11-19)16-17-7-5-4-6-8-17/h4-9,12H,2-3,10-11,13-16H2,1H3,(H,20,23). The van der Waals surface area contributed by atoms with Crippen molar-refractivity contribution in [1.82, 2.24) is 15.1 Å². The Hall–Kier alpha value is -1.81. The summed E-state index contributed by atoms with van der Waals surface area (Å²) in [5, 5.41) is 2.86. The van der Waals surface area contributed by atoms with Crippen molar-refractivity contribution in [3.63, 3.8) is 0 Å². The molecular formula is C19H27N3O. The molecule has 1 N–H and O–H groups in total. The van der Waals surface area contributed by atoms with Crippen LogP contribution in [0.1, 0.15) is 38.2 Å². The van der Waals surface area contributed by atoms with E-state index in [2.05, 4.69) is 58.4 Å². The van der Waals surface area contributed by atoms with Crippen LogP contribution in [0.4, 0.5) is 4.79 Å². The maximum absolute atomic E-state index is 12.3. The van der Waals surface area contributed by atoms with Crippen LogP contribution >= 0.6 is 0 Å². The Bertz CT molecular complexity index is 547. The van der Waals surface area contributed by atoms with Gasteiger partial charge in [-0.25, -0.2) is 4.79 Å². The first-order chi connectivity index (χ1) is 11.2. The van der Waals surface area contributed by atoms with E-state index in [1.165, 1.54) is 5.56 Å².